The van der Waals surface area contributed by atoms with Crippen molar-refractivity contribution in [3.63, 3.8) is 0 Å². The molecule has 0 N–H and O–H groups in total. The third-order valence-corrected chi connectivity index (χ3v) is 8.23. The van der Waals surface area contributed by atoms with Crippen molar-refractivity contribution in [1.82, 2.24) is 0 Å². The number of ether oxygens (including phenoxy) is 4. The molecule has 2 aromatic carbocycles. The van der Waals surface area contributed by atoms with Crippen molar-refractivity contribution in [2.24, 2.45) is 0 Å². The van der Waals surface area contributed by atoms with Crippen molar-refractivity contribution < 1.29 is 45.8 Å². The minimum Gasteiger partial charge on any atom is -0.458 e. The van der Waals surface area contributed by atoms with E-state index in [0.29, 0.717) is 33.5 Å². The third-order valence-electron chi connectivity index (χ3n) is 7.05. The summed E-state index contributed by atoms with van der Waals surface area (Å²) in [7, 11) is -3.70. The van der Waals surface area contributed by atoms with Crippen LogP contribution in [0.5, 0.6) is 0 Å². The number of rotatable bonds is 17. The van der Waals surface area contributed by atoms with E-state index in [2.05, 4.69) is 0 Å². The van der Waals surface area contributed by atoms with Crippen LogP contribution in [0.1, 0.15) is 68.8 Å². The first-order valence-electron chi connectivity index (χ1n) is 15.1. The predicted molar refractivity (Wildman–Crippen MR) is 169 cm³/mol. The first-order chi connectivity index (χ1) is 21.3. The van der Waals surface area contributed by atoms with E-state index >= 15 is 0 Å². The van der Waals surface area contributed by atoms with Gasteiger partial charge in [-0.25, -0.2) is 17.6 Å². The number of furan rings is 1. The van der Waals surface area contributed by atoms with Gasteiger partial charge in [0.15, 0.2) is 5.78 Å². The van der Waals surface area contributed by atoms with Crippen LogP contribution < -0.4 is 4.31 Å². The lowest BCUT2D eigenvalue weighted by Crippen LogP contribution is -2.34. The molecule has 1 saturated carbocycles. The minimum absolute atomic E-state index is 0.0648. The summed E-state index contributed by atoms with van der Waals surface area (Å²) in [6.07, 6.45) is 3.21. The highest BCUT2D eigenvalue weighted by Gasteiger charge is 2.33. The van der Waals surface area contributed by atoms with Crippen LogP contribution in [0.3, 0.4) is 0 Å². The van der Waals surface area contributed by atoms with Crippen molar-refractivity contribution in [2.75, 3.05) is 56.7 Å². The van der Waals surface area contributed by atoms with Crippen molar-refractivity contribution in [3.05, 3.63) is 53.3 Å². The number of hydrogen-bond donors (Lipinski definition) is 0. The molecule has 10 nitrogen and oxygen atoms in total. The highest BCUT2D eigenvalue weighted by molar-refractivity contribution is 7.92. The first kappa shape index (κ1) is 34.6. The fourth-order valence-electron chi connectivity index (χ4n) is 4.92. The molecule has 0 radical (unpaired) electrons. The van der Waals surface area contributed by atoms with Crippen LogP contribution in [0.15, 0.2) is 40.8 Å². The molecular weight excluding hydrogens is 605 g/mol. The number of carbonyl (C=O) groups is 2. The standard InChI is InChI=1S/C33H42FNO9S/c1-6-28(36)31-26-19-25(22-7-8-22)27(20-29(26)43-32(31)23-9-11-24(34)12-10-23)35(45(5,38)39)13-14-40-15-16-41-17-18-42-21-30(37)44-33(2,3)4/h9-12,19-20,22H,6-8,13-18,21H2,1-5H3. The zero-order chi connectivity index (χ0) is 32.8. The Morgan fingerprint density at radius 3 is 2.18 bits per heavy atom. The van der Waals surface area contributed by atoms with Gasteiger partial charge < -0.3 is 23.4 Å². The summed E-state index contributed by atoms with van der Waals surface area (Å²) in [4.78, 5) is 24.8. The van der Waals surface area contributed by atoms with Gasteiger partial charge in [-0.15, -0.1) is 0 Å². The van der Waals surface area contributed by atoms with Crippen LogP contribution in [-0.4, -0.2) is 78.2 Å². The van der Waals surface area contributed by atoms with Gasteiger partial charge in [0.2, 0.25) is 10.0 Å². The largest absolute Gasteiger partial charge is 0.458 e. The molecule has 246 valence electrons. The van der Waals surface area contributed by atoms with Crippen LogP contribution in [0.4, 0.5) is 10.1 Å². The number of benzene rings is 2. The Labute approximate surface area is 263 Å². The average Bonchev–Trinajstić information content (AvgIpc) is 3.74. The molecule has 0 bridgehead atoms. The minimum atomic E-state index is -3.70. The van der Waals surface area contributed by atoms with Crippen molar-refractivity contribution in [3.8, 4) is 11.3 Å². The fourth-order valence-corrected chi connectivity index (χ4v) is 5.84. The van der Waals surface area contributed by atoms with Gasteiger partial charge in [0.1, 0.15) is 29.4 Å². The molecular formula is C33H42FNO9S. The monoisotopic (exact) mass is 647 g/mol. The quantitative estimate of drug-likeness (QED) is 0.101. The number of Topliss-reactive ketones (excluding diaryl/α,β-unsaturated/α-hetero) is 1. The highest BCUT2D eigenvalue weighted by atomic mass is 32.2. The lowest BCUT2D eigenvalue weighted by atomic mass is 9.97. The molecule has 3 aromatic rings. The van der Waals surface area contributed by atoms with E-state index < -0.39 is 27.4 Å². The van der Waals surface area contributed by atoms with E-state index in [1.807, 2.05) is 6.07 Å². The third kappa shape index (κ3) is 9.59. The van der Waals surface area contributed by atoms with Crippen molar-refractivity contribution >= 4 is 38.4 Å². The van der Waals surface area contributed by atoms with Gasteiger partial charge in [0.25, 0.3) is 0 Å². The number of sulfonamides is 1. The first-order valence-corrected chi connectivity index (χ1v) is 17.0. The van der Waals surface area contributed by atoms with Crippen molar-refractivity contribution in [2.45, 2.75) is 58.5 Å². The second-order valence-electron chi connectivity index (χ2n) is 12.0. The number of ketones is 1. The Balaban J connectivity index is 1.42. The number of halogens is 1. The summed E-state index contributed by atoms with van der Waals surface area (Å²) in [5.41, 5.74) is 2.10. The zero-order valence-electron chi connectivity index (χ0n) is 26.5. The van der Waals surface area contributed by atoms with Gasteiger partial charge in [-0.3, -0.25) is 9.10 Å². The number of esters is 1. The summed E-state index contributed by atoms with van der Waals surface area (Å²) in [5, 5.41) is 0.615. The maximum absolute atomic E-state index is 13.6. The average molecular weight is 648 g/mol. The topological polar surface area (TPSA) is 122 Å². The Morgan fingerprint density at radius 2 is 1.60 bits per heavy atom. The molecule has 0 unspecified atom stereocenters. The maximum Gasteiger partial charge on any atom is 0.332 e. The van der Waals surface area contributed by atoms with Gasteiger partial charge in [-0.2, -0.15) is 0 Å². The molecule has 0 atom stereocenters. The lowest BCUT2D eigenvalue weighted by molar-refractivity contribution is -0.160. The number of carbonyl (C=O) groups excluding carboxylic acids is 2. The van der Waals surface area contributed by atoms with E-state index in [1.54, 1.807) is 45.9 Å². The molecule has 0 aliphatic heterocycles. The number of nitrogens with zero attached hydrogens (tertiary/aromatic N) is 1. The summed E-state index contributed by atoms with van der Waals surface area (Å²) < 4.78 is 68.7. The number of hydrogen-bond acceptors (Lipinski definition) is 9. The van der Waals surface area contributed by atoms with Crippen LogP contribution in [0.25, 0.3) is 22.3 Å². The van der Waals surface area contributed by atoms with Crippen LogP contribution in [0, 0.1) is 5.82 Å². The van der Waals surface area contributed by atoms with E-state index in [4.69, 9.17) is 23.4 Å². The van der Waals surface area contributed by atoms with Gasteiger partial charge in [-0.1, -0.05) is 6.92 Å². The Bertz CT molecular complexity index is 1590. The number of anilines is 1. The van der Waals surface area contributed by atoms with E-state index in [-0.39, 0.29) is 64.3 Å². The highest BCUT2D eigenvalue weighted by Crippen LogP contribution is 2.48. The van der Waals surface area contributed by atoms with E-state index in [1.165, 1.54) is 16.4 Å². The molecule has 4 rings (SSSR count). The molecule has 12 heteroatoms. The Morgan fingerprint density at radius 1 is 0.978 bits per heavy atom. The fraction of sp³-hybridized carbons (Fsp3) is 0.515. The van der Waals surface area contributed by atoms with E-state index in [0.717, 1.165) is 24.7 Å². The Kier molecular flexibility index (Phi) is 11.4. The molecule has 1 heterocycles. The SMILES string of the molecule is CCC(=O)c1c(-c2ccc(F)cc2)oc2cc(N(CCOCCOCCOCC(=O)OC(C)(C)C)S(C)(=O)=O)c(C3CC3)cc12. The smallest absolute Gasteiger partial charge is 0.332 e. The van der Waals surface area contributed by atoms with Crippen LogP contribution in [0.2, 0.25) is 0 Å². The van der Waals surface area contributed by atoms with Crippen LogP contribution >= 0.6 is 0 Å². The molecule has 45 heavy (non-hydrogen) atoms. The zero-order valence-corrected chi connectivity index (χ0v) is 27.3. The van der Waals surface area contributed by atoms with Gasteiger partial charge >= 0.3 is 5.97 Å². The van der Waals surface area contributed by atoms with E-state index in [9.17, 15) is 22.4 Å². The molecule has 1 aliphatic rings. The van der Waals surface area contributed by atoms with Gasteiger partial charge in [0.05, 0.1) is 57.1 Å². The normalized spacial score (nSPS) is 13.7. The molecule has 0 spiro atoms. The van der Waals surface area contributed by atoms with Gasteiger partial charge in [0, 0.05) is 23.4 Å². The molecule has 0 saturated heterocycles. The molecule has 1 aliphatic carbocycles. The predicted octanol–water partition coefficient (Wildman–Crippen LogP) is 5.87. The van der Waals surface area contributed by atoms with Crippen molar-refractivity contribution in [1.29, 1.82) is 0 Å². The summed E-state index contributed by atoms with van der Waals surface area (Å²) in [5.74, 6) is -0.471. The lowest BCUT2D eigenvalue weighted by Gasteiger charge is -2.25. The Hall–Kier alpha value is -3.32. The van der Waals surface area contributed by atoms with Gasteiger partial charge in [-0.05, 0) is 75.4 Å². The van der Waals surface area contributed by atoms with Crippen LogP contribution in [-0.2, 0) is 33.8 Å². The summed E-state index contributed by atoms with van der Waals surface area (Å²) in [6, 6.07) is 9.29. The number of fused-ring (bicyclic) bond motifs is 1. The second-order valence-corrected chi connectivity index (χ2v) is 13.9. The summed E-state index contributed by atoms with van der Waals surface area (Å²) in [6.45, 7) is 8.12. The summed E-state index contributed by atoms with van der Waals surface area (Å²) >= 11 is 0. The molecule has 1 fully saturated rings. The maximum atomic E-state index is 13.6. The molecule has 0 amide bonds. The molecule has 1 aromatic heterocycles. The second kappa shape index (κ2) is 14.8.